The largest absolute Gasteiger partial charge is 0.416 e. The van der Waals surface area contributed by atoms with Crippen LogP contribution < -0.4 is 0 Å². The van der Waals surface area contributed by atoms with Crippen LogP contribution in [0.2, 0.25) is 0 Å². The molecule has 0 spiro atoms. The number of hydrogen-bond donors (Lipinski definition) is 0. The van der Waals surface area contributed by atoms with Gasteiger partial charge in [-0.2, -0.15) is 13.2 Å². The van der Waals surface area contributed by atoms with Gasteiger partial charge in [-0.25, -0.2) is 4.98 Å². The van der Waals surface area contributed by atoms with Crippen LogP contribution in [0.1, 0.15) is 5.56 Å². The predicted octanol–water partition coefficient (Wildman–Crippen LogP) is 3.35. The minimum absolute atomic E-state index is 0.333. The van der Waals surface area contributed by atoms with Crippen LogP contribution >= 0.6 is 15.9 Å². The minimum Gasteiger partial charge on any atom is -0.322 e. The zero-order chi connectivity index (χ0) is 11.2. The SMILES string of the molecule is Cn1c(Br)nc2cc(C(F)(F)F)ccc21. The van der Waals surface area contributed by atoms with Gasteiger partial charge in [-0.05, 0) is 34.1 Å². The van der Waals surface area contributed by atoms with Crippen molar-refractivity contribution in [2.75, 3.05) is 0 Å². The number of aryl methyl sites for hydroxylation is 1. The molecular weight excluding hydrogens is 273 g/mol. The van der Waals surface area contributed by atoms with E-state index in [0.29, 0.717) is 15.8 Å². The second-order valence-corrected chi connectivity index (χ2v) is 3.85. The van der Waals surface area contributed by atoms with E-state index in [1.807, 2.05) is 0 Å². The summed E-state index contributed by atoms with van der Waals surface area (Å²) in [6.07, 6.45) is -4.32. The second kappa shape index (κ2) is 3.23. The molecule has 0 aliphatic heterocycles. The fourth-order valence-corrected chi connectivity index (χ4v) is 1.73. The van der Waals surface area contributed by atoms with E-state index in [-0.39, 0.29) is 0 Å². The second-order valence-electron chi connectivity index (χ2n) is 3.14. The molecule has 0 atom stereocenters. The molecule has 0 saturated carbocycles. The van der Waals surface area contributed by atoms with Crippen molar-refractivity contribution >= 4 is 27.0 Å². The van der Waals surface area contributed by atoms with Crippen LogP contribution in [0.4, 0.5) is 13.2 Å². The molecule has 0 aliphatic carbocycles. The molecule has 0 radical (unpaired) electrons. The highest BCUT2D eigenvalue weighted by Crippen LogP contribution is 2.31. The average molecular weight is 279 g/mol. The normalized spacial score (nSPS) is 12.3. The quantitative estimate of drug-likeness (QED) is 0.723. The van der Waals surface area contributed by atoms with Gasteiger partial charge in [0.2, 0.25) is 0 Å². The third-order valence-electron chi connectivity index (χ3n) is 2.15. The third kappa shape index (κ3) is 1.73. The van der Waals surface area contributed by atoms with Crippen LogP contribution in [0.25, 0.3) is 11.0 Å². The smallest absolute Gasteiger partial charge is 0.322 e. The van der Waals surface area contributed by atoms with Gasteiger partial charge >= 0.3 is 6.18 Å². The van der Waals surface area contributed by atoms with Crippen molar-refractivity contribution in [3.63, 3.8) is 0 Å². The van der Waals surface area contributed by atoms with Gasteiger partial charge in [-0.15, -0.1) is 0 Å². The number of rotatable bonds is 0. The molecule has 1 heterocycles. The molecule has 0 N–H and O–H groups in total. The van der Waals surface area contributed by atoms with E-state index in [1.54, 1.807) is 11.6 Å². The average Bonchev–Trinajstić information content (AvgIpc) is 2.41. The maximum atomic E-state index is 12.4. The summed E-state index contributed by atoms with van der Waals surface area (Å²) in [5, 5.41) is 0. The molecule has 0 saturated heterocycles. The summed E-state index contributed by atoms with van der Waals surface area (Å²) in [6.45, 7) is 0. The van der Waals surface area contributed by atoms with E-state index in [0.717, 1.165) is 12.1 Å². The van der Waals surface area contributed by atoms with Crippen molar-refractivity contribution in [1.82, 2.24) is 9.55 Å². The van der Waals surface area contributed by atoms with Crippen molar-refractivity contribution in [2.24, 2.45) is 7.05 Å². The van der Waals surface area contributed by atoms with Gasteiger partial charge in [0.05, 0.1) is 16.6 Å². The maximum Gasteiger partial charge on any atom is 0.416 e. The van der Waals surface area contributed by atoms with E-state index < -0.39 is 11.7 Å². The highest BCUT2D eigenvalue weighted by molar-refractivity contribution is 9.10. The molecule has 0 aliphatic rings. The first-order chi connectivity index (χ1) is 6.89. The predicted molar refractivity (Wildman–Crippen MR) is 53.4 cm³/mol. The van der Waals surface area contributed by atoms with E-state index in [9.17, 15) is 13.2 Å². The van der Waals surface area contributed by atoms with Crippen molar-refractivity contribution in [2.45, 2.75) is 6.18 Å². The summed E-state index contributed by atoms with van der Waals surface area (Å²) in [4.78, 5) is 3.97. The van der Waals surface area contributed by atoms with Crippen LogP contribution in [0, 0.1) is 0 Å². The fraction of sp³-hybridized carbons (Fsp3) is 0.222. The summed E-state index contributed by atoms with van der Waals surface area (Å²) < 4.78 is 39.3. The molecule has 1 aromatic carbocycles. The Hall–Kier alpha value is -1.04. The van der Waals surface area contributed by atoms with Crippen molar-refractivity contribution < 1.29 is 13.2 Å². The van der Waals surface area contributed by atoms with Gasteiger partial charge in [0.15, 0.2) is 4.73 Å². The highest BCUT2D eigenvalue weighted by atomic mass is 79.9. The lowest BCUT2D eigenvalue weighted by Gasteiger charge is -2.05. The van der Waals surface area contributed by atoms with Gasteiger partial charge in [0, 0.05) is 7.05 Å². The van der Waals surface area contributed by atoms with Crippen LogP contribution in [0.5, 0.6) is 0 Å². The molecule has 2 nitrogen and oxygen atoms in total. The molecule has 0 amide bonds. The number of nitrogens with zero attached hydrogens (tertiary/aromatic N) is 2. The Kier molecular flexibility index (Phi) is 2.26. The zero-order valence-electron chi connectivity index (χ0n) is 7.64. The summed E-state index contributed by atoms with van der Waals surface area (Å²) in [6, 6.07) is 3.51. The molecule has 2 rings (SSSR count). The Balaban J connectivity index is 2.67. The number of aromatic nitrogens is 2. The zero-order valence-corrected chi connectivity index (χ0v) is 9.22. The molecule has 0 unspecified atom stereocenters. The summed E-state index contributed by atoms with van der Waals surface area (Å²) in [5.74, 6) is 0. The number of fused-ring (bicyclic) bond motifs is 1. The number of benzene rings is 1. The van der Waals surface area contributed by atoms with Gasteiger partial charge in [0.1, 0.15) is 0 Å². The first-order valence-corrected chi connectivity index (χ1v) is 4.88. The summed E-state index contributed by atoms with van der Waals surface area (Å²) in [5.41, 5.74) is 0.315. The number of halogens is 4. The third-order valence-corrected chi connectivity index (χ3v) is 2.86. The first-order valence-electron chi connectivity index (χ1n) is 4.09. The molecular formula is C9H6BrF3N2. The van der Waals surface area contributed by atoms with Crippen LogP contribution in [-0.2, 0) is 13.2 Å². The van der Waals surface area contributed by atoms with E-state index in [2.05, 4.69) is 20.9 Å². The molecule has 0 fully saturated rings. The summed E-state index contributed by atoms with van der Waals surface area (Å²) >= 11 is 3.15. The molecule has 6 heteroatoms. The van der Waals surface area contributed by atoms with Gasteiger partial charge in [-0.1, -0.05) is 0 Å². The van der Waals surface area contributed by atoms with Crippen LogP contribution in [-0.4, -0.2) is 9.55 Å². The monoisotopic (exact) mass is 278 g/mol. The van der Waals surface area contributed by atoms with E-state index in [1.165, 1.54) is 6.07 Å². The van der Waals surface area contributed by atoms with Gasteiger partial charge in [0.25, 0.3) is 0 Å². The number of hydrogen-bond acceptors (Lipinski definition) is 1. The number of imidazole rings is 1. The first kappa shape index (κ1) is 10.5. The topological polar surface area (TPSA) is 17.8 Å². The Morgan fingerprint density at radius 2 is 2.00 bits per heavy atom. The Morgan fingerprint density at radius 3 is 2.60 bits per heavy atom. The van der Waals surface area contributed by atoms with Crippen LogP contribution in [0.3, 0.4) is 0 Å². The van der Waals surface area contributed by atoms with Crippen molar-refractivity contribution in [3.05, 3.63) is 28.5 Å². The van der Waals surface area contributed by atoms with Crippen molar-refractivity contribution in [1.29, 1.82) is 0 Å². The fourth-order valence-electron chi connectivity index (χ4n) is 1.35. The standard InChI is InChI=1S/C9H6BrF3N2/c1-15-7-3-2-5(9(11,12)13)4-6(7)14-8(15)10/h2-4H,1H3. The molecule has 1 aromatic heterocycles. The Labute approximate surface area is 91.8 Å². The van der Waals surface area contributed by atoms with Crippen molar-refractivity contribution in [3.8, 4) is 0 Å². The van der Waals surface area contributed by atoms with Gasteiger partial charge in [-0.3, -0.25) is 0 Å². The minimum atomic E-state index is -4.32. The maximum absolute atomic E-state index is 12.4. The molecule has 0 bridgehead atoms. The number of alkyl halides is 3. The lowest BCUT2D eigenvalue weighted by molar-refractivity contribution is -0.137. The summed E-state index contributed by atoms with van der Waals surface area (Å²) in [7, 11) is 1.73. The lowest BCUT2D eigenvalue weighted by Crippen LogP contribution is -2.04. The Morgan fingerprint density at radius 1 is 1.33 bits per heavy atom. The van der Waals surface area contributed by atoms with Gasteiger partial charge < -0.3 is 4.57 Å². The molecule has 80 valence electrons. The van der Waals surface area contributed by atoms with Crippen LogP contribution in [0.15, 0.2) is 22.9 Å². The van der Waals surface area contributed by atoms with E-state index in [4.69, 9.17) is 0 Å². The highest BCUT2D eigenvalue weighted by Gasteiger charge is 2.30. The Bertz CT molecular complexity index is 516. The molecule has 15 heavy (non-hydrogen) atoms. The van der Waals surface area contributed by atoms with E-state index >= 15 is 0 Å². The molecule has 2 aromatic rings. The lowest BCUT2D eigenvalue weighted by atomic mass is 10.2.